The molecule has 3 aromatic carbocycles. The first-order valence-electron chi connectivity index (χ1n) is 10.7. The van der Waals surface area contributed by atoms with Crippen LogP contribution in [0.1, 0.15) is 22.7 Å². The molecular formula is C27H27BrClN3. The topological polar surface area (TPSA) is 19.4 Å². The highest BCUT2D eigenvalue weighted by molar-refractivity contribution is 9.10. The average Bonchev–Trinajstić information content (AvgIpc) is 2.79. The lowest BCUT2D eigenvalue weighted by Crippen LogP contribution is -2.35. The largest absolute Gasteiger partial charge is 0.308 e. The molecule has 1 unspecified atom stereocenters. The quantitative estimate of drug-likeness (QED) is 0.244. The van der Waals surface area contributed by atoms with Crippen molar-refractivity contribution < 1.29 is 0 Å². The lowest BCUT2D eigenvalue weighted by Gasteiger charge is -2.34. The van der Waals surface area contributed by atoms with Gasteiger partial charge >= 0.3 is 0 Å². The third kappa shape index (κ3) is 5.57. The van der Waals surface area contributed by atoms with Gasteiger partial charge in [0.2, 0.25) is 0 Å². The van der Waals surface area contributed by atoms with Crippen molar-refractivity contribution in [3.63, 3.8) is 0 Å². The van der Waals surface area contributed by atoms with E-state index in [1.54, 1.807) is 0 Å². The first kappa shape index (κ1) is 22.9. The Morgan fingerprint density at radius 2 is 1.56 bits per heavy atom. The number of fused-ring (bicyclic) bond motifs is 1. The van der Waals surface area contributed by atoms with E-state index in [2.05, 4.69) is 113 Å². The summed E-state index contributed by atoms with van der Waals surface area (Å²) in [4.78, 5) is 9.47. The number of hydrogen-bond donors (Lipinski definition) is 0. The van der Waals surface area contributed by atoms with Crippen molar-refractivity contribution in [1.29, 1.82) is 0 Å². The number of benzene rings is 3. The molecular weight excluding hydrogens is 482 g/mol. The minimum atomic E-state index is -0.0141. The Balaban J connectivity index is 1.84. The monoisotopic (exact) mass is 507 g/mol. The molecule has 0 bridgehead atoms. The molecule has 4 rings (SSSR count). The van der Waals surface area contributed by atoms with Crippen LogP contribution in [-0.2, 0) is 6.54 Å². The molecule has 0 amide bonds. The molecule has 5 heteroatoms. The zero-order valence-electron chi connectivity index (χ0n) is 18.4. The standard InChI is InChI=1S/C27H27BrClN3/c1-31(2)15-16-32(19-20-9-5-3-6-10-20)26(21-11-7-4-8-12-21)24-18-22-17-23(28)13-14-25(22)30-27(24)29/h3-14,17-18,26H,15-16,19H2,1-2H3. The van der Waals surface area contributed by atoms with Crippen LogP contribution >= 0.6 is 27.5 Å². The summed E-state index contributed by atoms with van der Waals surface area (Å²) in [6.45, 7) is 2.66. The number of aromatic nitrogens is 1. The summed E-state index contributed by atoms with van der Waals surface area (Å²) >= 11 is 10.4. The van der Waals surface area contributed by atoms with Gasteiger partial charge in [0.05, 0.1) is 11.6 Å². The maximum atomic E-state index is 6.84. The van der Waals surface area contributed by atoms with Crippen LogP contribution in [0.15, 0.2) is 89.4 Å². The zero-order chi connectivity index (χ0) is 22.5. The molecule has 0 radical (unpaired) electrons. The molecule has 0 saturated carbocycles. The van der Waals surface area contributed by atoms with Gasteiger partial charge in [-0.05, 0) is 49.5 Å². The lowest BCUT2D eigenvalue weighted by atomic mass is 9.96. The third-order valence-electron chi connectivity index (χ3n) is 5.60. The van der Waals surface area contributed by atoms with Crippen molar-refractivity contribution in [2.24, 2.45) is 0 Å². The van der Waals surface area contributed by atoms with E-state index in [9.17, 15) is 0 Å². The molecule has 164 valence electrons. The van der Waals surface area contributed by atoms with Gasteiger partial charge in [-0.25, -0.2) is 4.98 Å². The maximum Gasteiger partial charge on any atom is 0.134 e. The Morgan fingerprint density at radius 3 is 2.25 bits per heavy atom. The molecule has 0 fully saturated rings. The predicted octanol–water partition coefficient (Wildman–Crippen LogP) is 6.80. The molecule has 0 aliphatic carbocycles. The normalized spacial score (nSPS) is 12.6. The predicted molar refractivity (Wildman–Crippen MR) is 138 cm³/mol. The van der Waals surface area contributed by atoms with Crippen LogP contribution in [0.4, 0.5) is 0 Å². The van der Waals surface area contributed by atoms with Gasteiger partial charge in [-0.3, -0.25) is 4.90 Å². The fourth-order valence-corrected chi connectivity index (χ4v) is 4.63. The molecule has 1 atom stereocenters. The summed E-state index contributed by atoms with van der Waals surface area (Å²) in [6.07, 6.45) is 0. The Bertz CT molecular complexity index is 1170. The van der Waals surface area contributed by atoms with Crippen LogP contribution < -0.4 is 0 Å². The molecule has 3 nitrogen and oxygen atoms in total. The van der Waals surface area contributed by atoms with Crippen LogP contribution in [0.2, 0.25) is 5.15 Å². The maximum absolute atomic E-state index is 6.84. The second kappa shape index (κ2) is 10.6. The van der Waals surface area contributed by atoms with Crippen LogP contribution in [-0.4, -0.2) is 42.0 Å². The van der Waals surface area contributed by atoms with Gasteiger partial charge in [-0.1, -0.05) is 88.2 Å². The summed E-state index contributed by atoms with van der Waals surface area (Å²) in [5.74, 6) is 0. The van der Waals surface area contributed by atoms with Gasteiger partial charge in [0.15, 0.2) is 0 Å². The average molecular weight is 509 g/mol. The van der Waals surface area contributed by atoms with Crippen molar-refractivity contribution in [3.05, 3.63) is 111 Å². The van der Waals surface area contributed by atoms with Gasteiger partial charge < -0.3 is 4.90 Å². The van der Waals surface area contributed by atoms with Gasteiger partial charge in [-0.2, -0.15) is 0 Å². The van der Waals surface area contributed by atoms with Gasteiger partial charge in [-0.15, -0.1) is 0 Å². The van der Waals surface area contributed by atoms with Crippen molar-refractivity contribution in [1.82, 2.24) is 14.8 Å². The molecule has 1 aromatic heterocycles. The smallest absolute Gasteiger partial charge is 0.134 e. The van der Waals surface area contributed by atoms with Crippen LogP contribution in [0.25, 0.3) is 10.9 Å². The minimum absolute atomic E-state index is 0.0141. The summed E-state index contributed by atoms with van der Waals surface area (Å²) < 4.78 is 1.03. The van der Waals surface area contributed by atoms with Crippen LogP contribution in [0.5, 0.6) is 0 Å². The van der Waals surface area contributed by atoms with E-state index in [4.69, 9.17) is 16.6 Å². The second-order valence-corrected chi connectivity index (χ2v) is 9.55. The van der Waals surface area contributed by atoms with Gasteiger partial charge in [0.25, 0.3) is 0 Å². The van der Waals surface area contributed by atoms with Crippen LogP contribution in [0, 0.1) is 0 Å². The Labute approximate surface area is 203 Å². The third-order valence-corrected chi connectivity index (χ3v) is 6.39. The number of halogens is 2. The van der Waals surface area contributed by atoms with E-state index in [1.807, 2.05) is 12.1 Å². The van der Waals surface area contributed by atoms with E-state index < -0.39 is 0 Å². The Kier molecular flexibility index (Phi) is 7.59. The zero-order valence-corrected chi connectivity index (χ0v) is 20.7. The summed E-state index contributed by atoms with van der Waals surface area (Å²) in [5.41, 5.74) is 4.41. The molecule has 0 spiro atoms. The molecule has 0 aliphatic heterocycles. The molecule has 0 aliphatic rings. The second-order valence-electron chi connectivity index (χ2n) is 8.28. The highest BCUT2D eigenvalue weighted by Crippen LogP contribution is 2.36. The number of hydrogen-bond acceptors (Lipinski definition) is 3. The van der Waals surface area contributed by atoms with Crippen molar-refractivity contribution >= 4 is 38.4 Å². The summed E-state index contributed by atoms with van der Waals surface area (Å²) in [7, 11) is 4.22. The van der Waals surface area contributed by atoms with Crippen LogP contribution in [0.3, 0.4) is 0 Å². The first-order valence-corrected chi connectivity index (χ1v) is 11.9. The number of rotatable bonds is 8. The summed E-state index contributed by atoms with van der Waals surface area (Å²) in [5, 5.41) is 1.63. The molecule has 0 saturated heterocycles. The lowest BCUT2D eigenvalue weighted by molar-refractivity contribution is 0.193. The molecule has 4 aromatic rings. The molecule has 1 heterocycles. The number of nitrogens with zero attached hydrogens (tertiary/aromatic N) is 3. The highest BCUT2D eigenvalue weighted by Gasteiger charge is 2.26. The first-order chi connectivity index (χ1) is 15.5. The van der Waals surface area contributed by atoms with E-state index in [0.29, 0.717) is 5.15 Å². The van der Waals surface area contributed by atoms with E-state index >= 15 is 0 Å². The van der Waals surface area contributed by atoms with E-state index in [0.717, 1.165) is 40.6 Å². The van der Waals surface area contributed by atoms with Crippen molar-refractivity contribution in [2.75, 3.05) is 27.2 Å². The van der Waals surface area contributed by atoms with Crippen molar-refractivity contribution in [3.8, 4) is 0 Å². The fraction of sp³-hybridized carbons (Fsp3) is 0.222. The van der Waals surface area contributed by atoms with Gasteiger partial charge in [0.1, 0.15) is 5.15 Å². The van der Waals surface area contributed by atoms with Crippen molar-refractivity contribution in [2.45, 2.75) is 12.6 Å². The minimum Gasteiger partial charge on any atom is -0.308 e. The van der Waals surface area contributed by atoms with E-state index in [-0.39, 0.29) is 6.04 Å². The van der Waals surface area contributed by atoms with E-state index in [1.165, 1.54) is 11.1 Å². The molecule has 0 N–H and O–H groups in total. The Hall–Kier alpha value is -2.24. The fourth-order valence-electron chi connectivity index (χ4n) is 4.00. The Morgan fingerprint density at radius 1 is 0.875 bits per heavy atom. The molecule has 32 heavy (non-hydrogen) atoms. The number of pyridine rings is 1. The highest BCUT2D eigenvalue weighted by atomic mass is 79.9. The van der Waals surface area contributed by atoms with Gasteiger partial charge in [0, 0.05) is 35.1 Å². The summed E-state index contributed by atoms with van der Waals surface area (Å²) in [6, 6.07) is 29.5. The number of likely N-dealkylation sites (N-methyl/N-ethyl adjacent to an activating group) is 1. The SMILES string of the molecule is CN(C)CCN(Cc1ccccc1)C(c1ccccc1)c1cc2cc(Br)ccc2nc1Cl.